The fourth-order valence-electron chi connectivity index (χ4n) is 1.23. The Balaban J connectivity index is 2.55. The van der Waals surface area contributed by atoms with Crippen LogP contribution in [-0.4, -0.2) is 19.1 Å². The summed E-state index contributed by atoms with van der Waals surface area (Å²) in [6, 6.07) is 8.05. The van der Waals surface area contributed by atoms with Crippen LogP contribution in [0.2, 0.25) is 0 Å². The molecule has 15 heavy (non-hydrogen) atoms. The Morgan fingerprint density at radius 2 is 2.20 bits per heavy atom. The van der Waals surface area contributed by atoms with Gasteiger partial charge >= 0.3 is 5.97 Å². The summed E-state index contributed by atoms with van der Waals surface area (Å²) in [7, 11) is 1.40. The summed E-state index contributed by atoms with van der Waals surface area (Å²) in [5, 5.41) is 3.27. The van der Waals surface area contributed by atoms with Gasteiger partial charge in [-0.15, -0.1) is 0 Å². The van der Waals surface area contributed by atoms with Gasteiger partial charge in [0.05, 0.1) is 13.5 Å². The number of nitrogens with one attached hydrogen (secondary N) is 1. The van der Waals surface area contributed by atoms with Crippen molar-refractivity contribution in [2.24, 2.45) is 0 Å². The Kier molecular flexibility index (Phi) is 4.87. The third-order valence-electron chi connectivity index (χ3n) is 1.98. The van der Waals surface area contributed by atoms with E-state index in [1.807, 2.05) is 31.2 Å². The lowest BCUT2D eigenvalue weighted by atomic mass is 10.2. The molecular weight excluding hydrogens is 305 g/mol. The fourth-order valence-corrected chi connectivity index (χ4v) is 1.77. The van der Waals surface area contributed by atoms with Crippen molar-refractivity contribution < 1.29 is 9.53 Å². The van der Waals surface area contributed by atoms with E-state index in [0.717, 1.165) is 9.26 Å². The van der Waals surface area contributed by atoms with Gasteiger partial charge in [-0.25, -0.2) is 0 Å². The van der Waals surface area contributed by atoms with Gasteiger partial charge in [0.2, 0.25) is 0 Å². The van der Waals surface area contributed by atoms with E-state index < -0.39 is 0 Å². The van der Waals surface area contributed by atoms with Gasteiger partial charge in [0, 0.05) is 15.3 Å². The number of ether oxygens (including phenoxy) is 1. The lowest BCUT2D eigenvalue weighted by molar-refractivity contribution is -0.140. The van der Waals surface area contributed by atoms with Gasteiger partial charge in [-0.3, -0.25) is 4.79 Å². The van der Waals surface area contributed by atoms with Crippen LogP contribution in [0.15, 0.2) is 24.3 Å². The van der Waals surface area contributed by atoms with Gasteiger partial charge in [0.25, 0.3) is 0 Å². The summed E-state index contributed by atoms with van der Waals surface area (Å²) >= 11 is 2.26. The van der Waals surface area contributed by atoms with E-state index in [2.05, 4.69) is 32.6 Å². The molecule has 0 bridgehead atoms. The summed E-state index contributed by atoms with van der Waals surface area (Å²) in [4.78, 5) is 11.0. The second-order valence-electron chi connectivity index (χ2n) is 3.31. The third kappa shape index (κ3) is 4.07. The number of halogens is 1. The van der Waals surface area contributed by atoms with E-state index in [1.165, 1.54) is 7.11 Å². The van der Waals surface area contributed by atoms with Gasteiger partial charge < -0.3 is 10.1 Å². The van der Waals surface area contributed by atoms with E-state index in [4.69, 9.17) is 0 Å². The average molecular weight is 319 g/mol. The summed E-state index contributed by atoms with van der Waals surface area (Å²) in [5.74, 6) is -0.194. The molecule has 1 unspecified atom stereocenters. The van der Waals surface area contributed by atoms with Crippen LogP contribution in [0.25, 0.3) is 0 Å². The number of carbonyl (C=O) groups excluding carboxylic acids is 1. The quantitative estimate of drug-likeness (QED) is 0.685. The van der Waals surface area contributed by atoms with Crippen molar-refractivity contribution in [2.75, 3.05) is 12.4 Å². The molecular formula is C11H14INO2. The molecule has 4 heteroatoms. The first kappa shape index (κ1) is 12.3. The number of hydrogen-bond acceptors (Lipinski definition) is 3. The highest BCUT2D eigenvalue weighted by Crippen LogP contribution is 2.18. The highest BCUT2D eigenvalue weighted by atomic mass is 127. The molecule has 82 valence electrons. The molecule has 1 N–H and O–H groups in total. The molecule has 0 fully saturated rings. The summed E-state index contributed by atoms with van der Waals surface area (Å²) in [6.07, 6.45) is 0.376. The largest absolute Gasteiger partial charge is 0.469 e. The number of anilines is 1. The Morgan fingerprint density at radius 3 is 2.80 bits per heavy atom. The van der Waals surface area contributed by atoms with Gasteiger partial charge in [-0.05, 0) is 41.6 Å². The topological polar surface area (TPSA) is 38.3 Å². The average Bonchev–Trinajstić information content (AvgIpc) is 2.21. The highest BCUT2D eigenvalue weighted by molar-refractivity contribution is 14.1. The van der Waals surface area contributed by atoms with E-state index in [1.54, 1.807) is 0 Å². The minimum absolute atomic E-state index is 0.0772. The maximum atomic E-state index is 11.0. The Hall–Kier alpha value is -0.780. The first-order chi connectivity index (χ1) is 7.13. The van der Waals surface area contributed by atoms with Crippen LogP contribution in [0, 0.1) is 3.57 Å². The second kappa shape index (κ2) is 5.95. The SMILES string of the molecule is COC(=O)CC(C)Nc1ccccc1I. The Morgan fingerprint density at radius 1 is 1.53 bits per heavy atom. The fraction of sp³-hybridized carbons (Fsp3) is 0.364. The third-order valence-corrected chi connectivity index (χ3v) is 2.92. The van der Waals surface area contributed by atoms with E-state index >= 15 is 0 Å². The number of hydrogen-bond donors (Lipinski definition) is 1. The zero-order valence-corrected chi connectivity index (χ0v) is 10.9. The molecule has 0 aliphatic carbocycles. The smallest absolute Gasteiger partial charge is 0.307 e. The van der Waals surface area contributed by atoms with Crippen LogP contribution in [0.3, 0.4) is 0 Å². The molecule has 1 atom stereocenters. The highest BCUT2D eigenvalue weighted by Gasteiger charge is 2.09. The van der Waals surface area contributed by atoms with E-state index in [0.29, 0.717) is 6.42 Å². The number of esters is 1. The lowest BCUT2D eigenvalue weighted by Crippen LogP contribution is -2.20. The van der Waals surface area contributed by atoms with Crippen molar-refractivity contribution in [3.05, 3.63) is 27.8 Å². The maximum absolute atomic E-state index is 11.0. The number of rotatable bonds is 4. The number of carbonyl (C=O) groups is 1. The Labute approximate surface area is 103 Å². The molecule has 1 aromatic carbocycles. The number of benzene rings is 1. The van der Waals surface area contributed by atoms with Crippen LogP contribution >= 0.6 is 22.6 Å². The van der Waals surface area contributed by atoms with Crippen LogP contribution in [0.1, 0.15) is 13.3 Å². The van der Waals surface area contributed by atoms with Crippen molar-refractivity contribution in [3.8, 4) is 0 Å². The predicted molar refractivity (Wildman–Crippen MR) is 68.9 cm³/mol. The van der Waals surface area contributed by atoms with Crippen LogP contribution in [0.4, 0.5) is 5.69 Å². The van der Waals surface area contributed by atoms with Gasteiger partial charge in [-0.1, -0.05) is 12.1 Å². The lowest BCUT2D eigenvalue weighted by Gasteiger charge is -2.15. The Bertz CT molecular complexity index is 341. The van der Waals surface area contributed by atoms with Crippen molar-refractivity contribution in [3.63, 3.8) is 0 Å². The molecule has 0 heterocycles. The predicted octanol–water partition coefficient (Wildman–Crippen LogP) is 2.65. The molecule has 0 saturated heterocycles. The minimum Gasteiger partial charge on any atom is -0.469 e. The van der Waals surface area contributed by atoms with Gasteiger partial charge in [0.15, 0.2) is 0 Å². The molecule has 1 aromatic rings. The van der Waals surface area contributed by atoms with Crippen molar-refractivity contribution in [2.45, 2.75) is 19.4 Å². The molecule has 0 radical (unpaired) electrons. The monoisotopic (exact) mass is 319 g/mol. The van der Waals surface area contributed by atoms with Crippen LogP contribution in [0.5, 0.6) is 0 Å². The van der Waals surface area contributed by atoms with E-state index in [9.17, 15) is 4.79 Å². The molecule has 0 aromatic heterocycles. The van der Waals surface area contributed by atoms with Crippen molar-refractivity contribution in [1.29, 1.82) is 0 Å². The molecule has 0 amide bonds. The van der Waals surface area contributed by atoms with E-state index in [-0.39, 0.29) is 12.0 Å². The normalized spacial score (nSPS) is 11.9. The summed E-state index contributed by atoms with van der Waals surface area (Å²) < 4.78 is 5.75. The van der Waals surface area contributed by atoms with Crippen molar-refractivity contribution >= 4 is 34.2 Å². The molecule has 0 aliphatic heterocycles. The summed E-state index contributed by atoms with van der Waals surface area (Å²) in [5.41, 5.74) is 1.05. The van der Waals surface area contributed by atoms with Gasteiger partial charge in [0.1, 0.15) is 0 Å². The number of methoxy groups -OCH3 is 1. The minimum atomic E-state index is -0.194. The zero-order valence-electron chi connectivity index (χ0n) is 8.79. The molecule has 0 saturated carbocycles. The number of para-hydroxylation sites is 1. The molecule has 0 aliphatic rings. The van der Waals surface area contributed by atoms with Gasteiger partial charge in [-0.2, -0.15) is 0 Å². The molecule has 0 spiro atoms. The van der Waals surface area contributed by atoms with Crippen molar-refractivity contribution in [1.82, 2.24) is 0 Å². The second-order valence-corrected chi connectivity index (χ2v) is 4.47. The molecule has 1 rings (SSSR count). The zero-order chi connectivity index (χ0) is 11.3. The van der Waals surface area contributed by atoms with Crippen LogP contribution in [-0.2, 0) is 9.53 Å². The standard InChI is InChI=1S/C11H14INO2/c1-8(7-11(14)15-2)13-10-6-4-3-5-9(10)12/h3-6,8,13H,7H2,1-2H3. The molecule has 3 nitrogen and oxygen atoms in total. The first-order valence-corrected chi connectivity index (χ1v) is 5.79. The first-order valence-electron chi connectivity index (χ1n) is 4.71. The maximum Gasteiger partial charge on any atom is 0.307 e. The summed E-state index contributed by atoms with van der Waals surface area (Å²) in [6.45, 7) is 1.96. The van der Waals surface area contributed by atoms with Crippen LogP contribution < -0.4 is 5.32 Å².